The fourth-order valence-electron chi connectivity index (χ4n) is 2.59. The molecule has 2 rings (SSSR count). The summed E-state index contributed by atoms with van der Waals surface area (Å²) in [4.78, 5) is 24.5. The average molecular weight is 333 g/mol. The summed E-state index contributed by atoms with van der Waals surface area (Å²) in [7, 11) is 0. The molecule has 0 aromatic heterocycles. The molecule has 6 heteroatoms. The van der Waals surface area contributed by atoms with E-state index in [1.807, 2.05) is 25.8 Å². The standard InChI is InChI=1S/C13H21BrN2O3/c1-13(2,3)19-12(18)10-5-4-6-15-8-9(7-14)11(17)16(10)15/h9-10H,4-8H2,1-3H3. The van der Waals surface area contributed by atoms with E-state index < -0.39 is 11.6 Å². The lowest BCUT2D eigenvalue weighted by molar-refractivity contribution is -0.177. The van der Waals surface area contributed by atoms with E-state index in [1.54, 1.807) is 5.01 Å². The normalized spacial score (nSPS) is 28.4. The first-order chi connectivity index (χ1) is 8.83. The van der Waals surface area contributed by atoms with Crippen LogP contribution in [0.25, 0.3) is 0 Å². The number of nitrogens with zero attached hydrogens (tertiary/aromatic N) is 2. The molecule has 2 saturated heterocycles. The number of amides is 1. The van der Waals surface area contributed by atoms with Gasteiger partial charge >= 0.3 is 5.97 Å². The van der Waals surface area contributed by atoms with Crippen molar-refractivity contribution in [3.05, 3.63) is 0 Å². The molecule has 0 N–H and O–H groups in total. The van der Waals surface area contributed by atoms with Crippen molar-refractivity contribution in [2.45, 2.75) is 45.3 Å². The van der Waals surface area contributed by atoms with Crippen molar-refractivity contribution in [2.75, 3.05) is 18.4 Å². The maximum absolute atomic E-state index is 12.3. The molecule has 2 aliphatic rings. The van der Waals surface area contributed by atoms with Crippen molar-refractivity contribution in [1.29, 1.82) is 0 Å². The Morgan fingerprint density at radius 2 is 2.16 bits per heavy atom. The Bertz CT molecular complexity index is 381. The molecule has 0 spiro atoms. The Kier molecular flexibility index (Phi) is 4.20. The minimum Gasteiger partial charge on any atom is -0.458 e. The third-order valence-electron chi connectivity index (χ3n) is 3.37. The van der Waals surface area contributed by atoms with E-state index in [-0.39, 0.29) is 17.8 Å². The number of hydrogen-bond acceptors (Lipinski definition) is 4. The van der Waals surface area contributed by atoms with Gasteiger partial charge in [0.15, 0.2) is 0 Å². The van der Waals surface area contributed by atoms with Crippen molar-refractivity contribution >= 4 is 27.8 Å². The molecule has 5 nitrogen and oxygen atoms in total. The van der Waals surface area contributed by atoms with E-state index in [0.717, 1.165) is 13.0 Å². The van der Waals surface area contributed by atoms with Crippen molar-refractivity contribution in [3.8, 4) is 0 Å². The summed E-state index contributed by atoms with van der Waals surface area (Å²) in [6, 6.07) is -0.454. The first kappa shape index (κ1) is 14.8. The van der Waals surface area contributed by atoms with Crippen molar-refractivity contribution in [3.63, 3.8) is 0 Å². The van der Waals surface area contributed by atoms with Crippen molar-refractivity contribution in [2.24, 2.45) is 5.92 Å². The van der Waals surface area contributed by atoms with Gasteiger partial charge in [0.25, 0.3) is 0 Å². The molecule has 2 fully saturated rings. The third kappa shape index (κ3) is 3.11. The van der Waals surface area contributed by atoms with Crippen molar-refractivity contribution in [1.82, 2.24) is 10.0 Å². The van der Waals surface area contributed by atoms with Crippen LogP contribution in [0.2, 0.25) is 0 Å². The number of rotatable bonds is 2. The van der Waals surface area contributed by atoms with Crippen LogP contribution in [-0.2, 0) is 14.3 Å². The molecular weight excluding hydrogens is 312 g/mol. The number of carbonyl (C=O) groups excluding carboxylic acids is 2. The highest BCUT2D eigenvalue weighted by Gasteiger charge is 2.46. The molecule has 0 aliphatic carbocycles. The van der Waals surface area contributed by atoms with Crippen LogP contribution in [0.5, 0.6) is 0 Å². The summed E-state index contributed by atoms with van der Waals surface area (Å²) >= 11 is 3.37. The number of fused-ring (bicyclic) bond motifs is 1. The minimum atomic E-state index is -0.517. The molecule has 2 aliphatic heterocycles. The van der Waals surface area contributed by atoms with E-state index in [4.69, 9.17) is 4.74 Å². The fraction of sp³-hybridized carbons (Fsp3) is 0.846. The molecule has 108 valence electrons. The van der Waals surface area contributed by atoms with Gasteiger partial charge in [-0.25, -0.2) is 9.80 Å². The highest BCUT2D eigenvalue weighted by Crippen LogP contribution is 2.29. The van der Waals surface area contributed by atoms with Crippen molar-refractivity contribution < 1.29 is 14.3 Å². The Morgan fingerprint density at radius 3 is 2.74 bits per heavy atom. The molecule has 0 saturated carbocycles. The number of hydrogen-bond donors (Lipinski definition) is 0. The Morgan fingerprint density at radius 1 is 1.47 bits per heavy atom. The van der Waals surface area contributed by atoms with Crippen LogP contribution in [0.15, 0.2) is 0 Å². The molecule has 2 atom stereocenters. The van der Waals surface area contributed by atoms with Crippen LogP contribution in [0, 0.1) is 5.92 Å². The number of alkyl halides is 1. The van der Waals surface area contributed by atoms with Gasteiger partial charge in [0.2, 0.25) is 5.91 Å². The Labute approximate surface area is 122 Å². The highest BCUT2D eigenvalue weighted by atomic mass is 79.9. The number of carbonyl (C=O) groups is 2. The topological polar surface area (TPSA) is 49.9 Å². The lowest BCUT2D eigenvalue weighted by atomic mass is 10.1. The van der Waals surface area contributed by atoms with E-state index >= 15 is 0 Å². The van der Waals surface area contributed by atoms with Gasteiger partial charge in [0.05, 0.1) is 5.92 Å². The molecular formula is C13H21BrN2O3. The minimum absolute atomic E-state index is 0.0347. The summed E-state index contributed by atoms with van der Waals surface area (Å²) in [5, 5.41) is 4.26. The predicted molar refractivity (Wildman–Crippen MR) is 74.6 cm³/mol. The van der Waals surface area contributed by atoms with Crippen LogP contribution < -0.4 is 0 Å². The van der Waals surface area contributed by atoms with E-state index in [0.29, 0.717) is 18.3 Å². The van der Waals surface area contributed by atoms with Gasteiger partial charge in [0, 0.05) is 18.4 Å². The molecule has 0 bridgehead atoms. The largest absolute Gasteiger partial charge is 0.458 e. The van der Waals surface area contributed by atoms with E-state index in [9.17, 15) is 9.59 Å². The summed E-state index contributed by atoms with van der Waals surface area (Å²) in [5.74, 6) is -0.309. The zero-order chi connectivity index (χ0) is 14.2. The summed E-state index contributed by atoms with van der Waals surface area (Å²) in [5.41, 5.74) is -0.517. The summed E-state index contributed by atoms with van der Waals surface area (Å²) < 4.78 is 5.43. The highest BCUT2D eigenvalue weighted by molar-refractivity contribution is 9.09. The molecule has 0 aromatic rings. The average Bonchev–Trinajstić information content (AvgIpc) is 2.64. The van der Waals surface area contributed by atoms with Gasteiger partial charge in [-0.3, -0.25) is 9.80 Å². The number of esters is 1. The number of hydrazine groups is 1. The quantitative estimate of drug-likeness (QED) is 0.568. The molecule has 1 amide bonds. The first-order valence-corrected chi connectivity index (χ1v) is 7.82. The van der Waals surface area contributed by atoms with Gasteiger partial charge in [-0.05, 0) is 33.6 Å². The second-order valence-electron chi connectivity index (χ2n) is 6.14. The SMILES string of the molecule is CC(C)(C)OC(=O)C1CCCN2CC(CBr)C(=O)N12. The monoisotopic (exact) mass is 332 g/mol. The lowest BCUT2D eigenvalue weighted by Crippen LogP contribution is -2.54. The third-order valence-corrected chi connectivity index (χ3v) is 4.15. The van der Waals surface area contributed by atoms with Gasteiger partial charge in [-0.15, -0.1) is 0 Å². The van der Waals surface area contributed by atoms with Gasteiger partial charge in [-0.2, -0.15) is 0 Å². The molecule has 2 unspecified atom stereocenters. The molecule has 0 radical (unpaired) electrons. The van der Waals surface area contributed by atoms with Gasteiger partial charge in [0.1, 0.15) is 11.6 Å². The van der Waals surface area contributed by atoms with E-state index in [1.165, 1.54) is 0 Å². The van der Waals surface area contributed by atoms with Crippen LogP contribution in [0.1, 0.15) is 33.6 Å². The first-order valence-electron chi connectivity index (χ1n) is 6.70. The molecule has 19 heavy (non-hydrogen) atoms. The number of halogens is 1. The summed E-state index contributed by atoms with van der Waals surface area (Å²) in [6.07, 6.45) is 1.61. The van der Waals surface area contributed by atoms with E-state index in [2.05, 4.69) is 15.9 Å². The zero-order valence-electron chi connectivity index (χ0n) is 11.7. The Hall–Kier alpha value is -0.620. The van der Waals surface area contributed by atoms with Crippen LogP contribution in [0.3, 0.4) is 0 Å². The maximum atomic E-state index is 12.3. The molecule has 2 heterocycles. The van der Waals surface area contributed by atoms with Gasteiger partial charge in [-0.1, -0.05) is 15.9 Å². The fourth-order valence-corrected chi connectivity index (χ4v) is 3.07. The zero-order valence-corrected chi connectivity index (χ0v) is 13.3. The predicted octanol–water partition coefficient (Wildman–Crippen LogP) is 1.56. The second-order valence-corrected chi connectivity index (χ2v) is 6.79. The van der Waals surface area contributed by atoms with Crippen LogP contribution in [-0.4, -0.2) is 52.0 Å². The molecule has 0 aromatic carbocycles. The number of ether oxygens (including phenoxy) is 1. The van der Waals surface area contributed by atoms with Crippen LogP contribution in [0.4, 0.5) is 0 Å². The Balaban J connectivity index is 2.13. The summed E-state index contributed by atoms with van der Waals surface area (Å²) in [6.45, 7) is 7.08. The van der Waals surface area contributed by atoms with Crippen LogP contribution >= 0.6 is 15.9 Å². The smallest absolute Gasteiger partial charge is 0.331 e. The maximum Gasteiger partial charge on any atom is 0.331 e. The van der Waals surface area contributed by atoms with Gasteiger partial charge < -0.3 is 4.74 Å². The lowest BCUT2D eigenvalue weighted by Gasteiger charge is -2.38. The second kappa shape index (κ2) is 5.40.